The monoisotopic (exact) mass is 311 g/mol. The maximum absolute atomic E-state index is 11.9. The van der Waals surface area contributed by atoms with E-state index in [-0.39, 0.29) is 11.9 Å². The molecule has 1 unspecified atom stereocenters. The summed E-state index contributed by atoms with van der Waals surface area (Å²) >= 11 is 12.1. The van der Waals surface area contributed by atoms with Crippen LogP contribution >= 0.6 is 23.2 Å². The summed E-state index contributed by atoms with van der Waals surface area (Å²) in [6.45, 7) is 2.26. The number of hydrogen-bond donors (Lipinski definition) is 1. The molecular weight excluding hydrogens is 297 g/mol. The molecule has 0 saturated heterocycles. The highest BCUT2D eigenvalue weighted by Crippen LogP contribution is 2.36. The summed E-state index contributed by atoms with van der Waals surface area (Å²) in [7, 11) is 0. The van der Waals surface area contributed by atoms with Gasteiger partial charge in [0.25, 0.3) is 0 Å². The smallest absolute Gasteiger partial charge is 0.309 e. The van der Waals surface area contributed by atoms with E-state index >= 15 is 0 Å². The fourth-order valence-corrected chi connectivity index (χ4v) is 3.20. The van der Waals surface area contributed by atoms with Gasteiger partial charge in [-0.3, -0.25) is 4.79 Å². The van der Waals surface area contributed by atoms with Crippen molar-refractivity contribution in [2.45, 2.75) is 26.2 Å². The summed E-state index contributed by atoms with van der Waals surface area (Å²) in [5, 5.41) is 2.14. The van der Waals surface area contributed by atoms with Gasteiger partial charge in [0, 0.05) is 16.6 Å². The second kappa shape index (κ2) is 5.30. The molecule has 0 spiro atoms. The van der Waals surface area contributed by atoms with E-state index in [0.717, 1.165) is 23.7 Å². The van der Waals surface area contributed by atoms with Gasteiger partial charge in [0.2, 0.25) is 0 Å². The number of aromatic amines is 1. The summed E-state index contributed by atoms with van der Waals surface area (Å²) in [4.78, 5) is 15.3. The Morgan fingerprint density at radius 3 is 2.90 bits per heavy atom. The topological polar surface area (TPSA) is 42.1 Å². The van der Waals surface area contributed by atoms with Crippen LogP contribution in [0.5, 0.6) is 0 Å². The average Bonchev–Trinajstić information content (AvgIpc) is 2.76. The van der Waals surface area contributed by atoms with Crippen molar-refractivity contribution < 1.29 is 9.53 Å². The van der Waals surface area contributed by atoms with Crippen LogP contribution in [0.1, 0.15) is 24.6 Å². The molecule has 0 bridgehead atoms. The fourth-order valence-electron chi connectivity index (χ4n) is 2.88. The van der Waals surface area contributed by atoms with Gasteiger partial charge in [-0.25, -0.2) is 0 Å². The number of halogens is 2. The lowest BCUT2D eigenvalue weighted by atomic mass is 9.86. The van der Waals surface area contributed by atoms with Crippen molar-refractivity contribution in [2.24, 2.45) is 5.92 Å². The Kier molecular flexibility index (Phi) is 3.65. The molecule has 0 radical (unpaired) electrons. The summed E-state index contributed by atoms with van der Waals surface area (Å²) in [6.07, 6.45) is 2.37. The van der Waals surface area contributed by atoms with Gasteiger partial charge in [0.15, 0.2) is 0 Å². The molecule has 1 N–H and O–H groups in total. The van der Waals surface area contributed by atoms with Gasteiger partial charge in [0.1, 0.15) is 0 Å². The number of esters is 1. The summed E-state index contributed by atoms with van der Waals surface area (Å²) in [5.74, 6) is -0.163. The molecule has 0 saturated carbocycles. The van der Waals surface area contributed by atoms with Crippen molar-refractivity contribution >= 4 is 40.1 Å². The molecule has 2 aromatic rings. The molecule has 0 aliphatic heterocycles. The molecule has 1 aromatic carbocycles. The first-order chi connectivity index (χ1) is 9.60. The van der Waals surface area contributed by atoms with Crippen molar-refractivity contribution in [3.63, 3.8) is 0 Å². The number of aromatic nitrogens is 1. The molecule has 3 rings (SSSR count). The summed E-state index contributed by atoms with van der Waals surface area (Å²) in [6, 6.07) is 3.72. The van der Waals surface area contributed by atoms with Gasteiger partial charge in [-0.2, -0.15) is 0 Å². The normalized spacial score (nSPS) is 18.1. The highest BCUT2D eigenvalue weighted by molar-refractivity contribution is 6.42. The van der Waals surface area contributed by atoms with Crippen LogP contribution in [-0.2, 0) is 22.4 Å². The Morgan fingerprint density at radius 1 is 1.40 bits per heavy atom. The maximum Gasteiger partial charge on any atom is 0.309 e. The minimum absolute atomic E-state index is 0.0593. The molecule has 5 heteroatoms. The molecule has 1 aromatic heterocycles. The highest BCUT2D eigenvalue weighted by atomic mass is 35.5. The van der Waals surface area contributed by atoms with Crippen molar-refractivity contribution in [1.29, 1.82) is 0 Å². The van der Waals surface area contributed by atoms with E-state index < -0.39 is 0 Å². The van der Waals surface area contributed by atoms with E-state index in [2.05, 4.69) is 4.98 Å². The maximum atomic E-state index is 11.9. The second-order valence-electron chi connectivity index (χ2n) is 5.09. The third-order valence-corrected chi connectivity index (χ3v) is 4.57. The third kappa shape index (κ3) is 2.29. The van der Waals surface area contributed by atoms with Crippen LogP contribution < -0.4 is 0 Å². The molecular formula is C15H15Cl2NO2. The lowest BCUT2D eigenvalue weighted by Gasteiger charge is -2.20. The lowest BCUT2D eigenvalue weighted by molar-refractivity contribution is -0.148. The van der Waals surface area contributed by atoms with E-state index in [4.69, 9.17) is 27.9 Å². The minimum atomic E-state index is -0.104. The second-order valence-corrected chi connectivity index (χ2v) is 5.90. The zero-order chi connectivity index (χ0) is 14.3. The van der Waals surface area contributed by atoms with Crippen molar-refractivity contribution in [2.75, 3.05) is 6.61 Å². The first-order valence-electron chi connectivity index (χ1n) is 6.75. The molecule has 1 aliphatic rings. The predicted molar refractivity (Wildman–Crippen MR) is 80.5 cm³/mol. The van der Waals surface area contributed by atoms with Gasteiger partial charge in [0.05, 0.1) is 22.6 Å². The first-order valence-corrected chi connectivity index (χ1v) is 7.50. The summed E-state index contributed by atoms with van der Waals surface area (Å²) < 4.78 is 5.13. The molecule has 1 heterocycles. The number of carbonyl (C=O) groups is 1. The largest absolute Gasteiger partial charge is 0.466 e. The number of fused-ring (bicyclic) bond motifs is 3. The molecule has 106 valence electrons. The molecule has 20 heavy (non-hydrogen) atoms. The predicted octanol–water partition coefficient (Wildman–Crippen LogP) is 4.14. The number of rotatable bonds is 2. The van der Waals surface area contributed by atoms with Gasteiger partial charge in [-0.15, -0.1) is 0 Å². The fraction of sp³-hybridized carbons (Fsp3) is 0.400. The number of nitrogens with one attached hydrogen (secondary N) is 1. The molecule has 0 fully saturated rings. The average molecular weight is 312 g/mol. The number of hydrogen-bond acceptors (Lipinski definition) is 2. The van der Waals surface area contributed by atoms with Crippen LogP contribution in [0.15, 0.2) is 12.1 Å². The van der Waals surface area contributed by atoms with Crippen molar-refractivity contribution in [1.82, 2.24) is 4.98 Å². The number of H-pyrrole nitrogens is 1. The first kappa shape index (κ1) is 13.8. The van der Waals surface area contributed by atoms with Crippen LogP contribution in [0.25, 0.3) is 10.9 Å². The van der Waals surface area contributed by atoms with Gasteiger partial charge in [-0.1, -0.05) is 23.2 Å². The van der Waals surface area contributed by atoms with Gasteiger partial charge < -0.3 is 9.72 Å². The molecule has 0 amide bonds. The molecule has 3 nitrogen and oxygen atoms in total. The summed E-state index contributed by atoms with van der Waals surface area (Å²) in [5.41, 5.74) is 3.33. The van der Waals surface area contributed by atoms with E-state index in [1.54, 1.807) is 0 Å². The zero-order valence-corrected chi connectivity index (χ0v) is 12.6. The Labute approximate surface area is 127 Å². The number of ether oxygens (including phenoxy) is 1. The Hall–Kier alpha value is -1.19. The van der Waals surface area contributed by atoms with Crippen LogP contribution in [0, 0.1) is 5.92 Å². The zero-order valence-electron chi connectivity index (χ0n) is 11.1. The number of carbonyl (C=O) groups excluding carboxylic acids is 1. The van der Waals surface area contributed by atoms with Crippen LogP contribution in [0.3, 0.4) is 0 Å². The van der Waals surface area contributed by atoms with Crippen molar-refractivity contribution in [3.8, 4) is 0 Å². The SMILES string of the molecule is CCOC(=O)C1CCc2[nH]c3cc(Cl)c(Cl)cc3c2C1. The van der Waals surface area contributed by atoms with Crippen molar-refractivity contribution in [3.05, 3.63) is 33.4 Å². The standard InChI is InChI=1S/C15H15Cl2NO2/c1-2-20-15(19)8-3-4-13-9(5-8)10-6-11(16)12(17)7-14(10)18-13/h6-8,18H,2-5H2,1H3. The number of aryl methyl sites for hydroxylation is 1. The highest BCUT2D eigenvalue weighted by Gasteiger charge is 2.28. The Balaban J connectivity index is 1.99. The van der Waals surface area contributed by atoms with Crippen LogP contribution in [0.4, 0.5) is 0 Å². The number of benzene rings is 1. The third-order valence-electron chi connectivity index (χ3n) is 3.85. The molecule has 1 atom stereocenters. The van der Waals surface area contributed by atoms with E-state index in [1.165, 1.54) is 11.3 Å². The van der Waals surface area contributed by atoms with E-state index in [9.17, 15) is 4.79 Å². The van der Waals surface area contributed by atoms with E-state index in [1.807, 2.05) is 19.1 Å². The Bertz CT molecular complexity index is 678. The molecule has 1 aliphatic carbocycles. The van der Waals surface area contributed by atoms with E-state index in [0.29, 0.717) is 23.1 Å². The Morgan fingerprint density at radius 2 is 2.15 bits per heavy atom. The minimum Gasteiger partial charge on any atom is -0.466 e. The van der Waals surface area contributed by atoms with Gasteiger partial charge >= 0.3 is 5.97 Å². The van der Waals surface area contributed by atoms with Gasteiger partial charge in [-0.05, 0) is 43.9 Å². The van der Waals surface area contributed by atoms with Crippen LogP contribution in [0.2, 0.25) is 10.0 Å². The van der Waals surface area contributed by atoms with Crippen LogP contribution in [-0.4, -0.2) is 17.6 Å². The quantitative estimate of drug-likeness (QED) is 0.847. The lowest BCUT2D eigenvalue weighted by Crippen LogP contribution is -2.24.